The molecule has 5 nitrogen and oxygen atoms in total. The molecule has 20 heavy (non-hydrogen) atoms. The number of hydrogen-bond acceptors (Lipinski definition) is 3. The molecule has 1 aromatic rings. The van der Waals surface area contributed by atoms with E-state index in [9.17, 15) is 9.59 Å². The molecule has 2 N–H and O–H groups in total. The molecule has 2 rings (SSSR count). The average molecular weight is 359 g/mol. The Morgan fingerprint density at radius 3 is 2.85 bits per heavy atom. The molecule has 1 aliphatic heterocycles. The summed E-state index contributed by atoms with van der Waals surface area (Å²) in [7, 11) is 0. The number of carboxylic acids is 1. The van der Waals surface area contributed by atoms with Gasteiger partial charge in [-0.15, -0.1) is 0 Å². The molecule has 0 atom stereocenters. The highest BCUT2D eigenvalue weighted by atomic mass is 79.9. The number of rotatable bonds is 2. The first-order valence-electron chi connectivity index (χ1n) is 6.24. The molecule has 0 saturated carbocycles. The van der Waals surface area contributed by atoms with Crippen molar-refractivity contribution < 1.29 is 14.7 Å². The van der Waals surface area contributed by atoms with Crippen molar-refractivity contribution in [1.29, 1.82) is 0 Å². The van der Waals surface area contributed by atoms with Gasteiger partial charge in [-0.3, -0.25) is 0 Å². The van der Waals surface area contributed by atoms with Crippen LogP contribution in [0.15, 0.2) is 22.7 Å². The van der Waals surface area contributed by atoms with Crippen LogP contribution in [0, 0.1) is 0 Å². The Bertz CT molecular complexity index is 516. The van der Waals surface area contributed by atoms with Crippen LogP contribution in [-0.4, -0.2) is 46.6 Å². The van der Waals surface area contributed by atoms with Crippen LogP contribution in [0.3, 0.4) is 0 Å². The molecule has 1 aromatic carbocycles. The average Bonchev–Trinajstić information content (AvgIpc) is 2.69. The Hall–Kier alpha value is -1.21. The number of hydrogen-bond donors (Lipinski definition) is 2. The van der Waals surface area contributed by atoms with E-state index in [1.807, 2.05) is 11.8 Å². The molecular formula is C13H15BrN2O3S. The summed E-state index contributed by atoms with van der Waals surface area (Å²) in [6, 6.07) is 4.55. The summed E-state index contributed by atoms with van der Waals surface area (Å²) >= 11 is 5.06. The van der Waals surface area contributed by atoms with E-state index in [1.165, 1.54) is 6.07 Å². The van der Waals surface area contributed by atoms with Crippen molar-refractivity contribution >= 4 is 45.4 Å². The minimum Gasteiger partial charge on any atom is -0.478 e. The zero-order valence-electron chi connectivity index (χ0n) is 10.8. The standard InChI is InChI=1S/C13H15BrN2O3S/c14-9-2-3-11(10(8-9)12(17)18)15-13(19)16-4-1-6-20-7-5-16/h2-3,8H,1,4-7H2,(H,15,19)(H,17,18). The largest absolute Gasteiger partial charge is 0.478 e. The summed E-state index contributed by atoms with van der Waals surface area (Å²) in [4.78, 5) is 25.1. The van der Waals surface area contributed by atoms with Gasteiger partial charge in [-0.1, -0.05) is 15.9 Å². The maximum absolute atomic E-state index is 12.2. The normalized spacial score (nSPS) is 15.6. The maximum Gasteiger partial charge on any atom is 0.337 e. The third kappa shape index (κ3) is 3.89. The highest BCUT2D eigenvalue weighted by Crippen LogP contribution is 2.22. The van der Waals surface area contributed by atoms with E-state index in [4.69, 9.17) is 5.11 Å². The second-order valence-electron chi connectivity index (χ2n) is 4.38. The van der Waals surface area contributed by atoms with Crippen LogP contribution in [0.5, 0.6) is 0 Å². The molecule has 108 valence electrons. The molecule has 0 aromatic heterocycles. The van der Waals surface area contributed by atoms with Gasteiger partial charge in [0.15, 0.2) is 0 Å². The number of amides is 2. The number of aromatic carboxylic acids is 1. The lowest BCUT2D eigenvalue weighted by atomic mass is 10.2. The van der Waals surface area contributed by atoms with Crippen LogP contribution >= 0.6 is 27.7 Å². The number of urea groups is 1. The van der Waals surface area contributed by atoms with Gasteiger partial charge in [-0.2, -0.15) is 11.8 Å². The Balaban J connectivity index is 2.12. The third-order valence-corrected chi connectivity index (χ3v) is 4.50. The first-order valence-corrected chi connectivity index (χ1v) is 8.19. The molecule has 1 aliphatic rings. The minimum absolute atomic E-state index is 0.0805. The first kappa shape index (κ1) is 15.2. The number of halogens is 1. The number of anilines is 1. The molecule has 0 radical (unpaired) electrons. The van der Waals surface area contributed by atoms with Gasteiger partial charge in [0.25, 0.3) is 0 Å². The van der Waals surface area contributed by atoms with Gasteiger partial charge in [0, 0.05) is 23.3 Å². The Kier molecular flexibility index (Phi) is 5.31. The summed E-state index contributed by atoms with van der Waals surface area (Å²) in [5.41, 5.74) is 0.402. The van der Waals surface area contributed by atoms with Gasteiger partial charge >= 0.3 is 12.0 Å². The lowest BCUT2D eigenvalue weighted by molar-refractivity contribution is 0.0698. The van der Waals surface area contributed by atoms with Crippen LogP contribution in [0.2, 0.25) is 0 Å². The third-order valence-electron chi connectivity index (χ3n) is 2.96. The minimum atomic E-state index is -1.06. The summed E-state index contributed by atoms with van der Waals surface area (Å²) in [6.07, 6.45) is 0.963. The van der Waals surface area contributed by atoms with Crippen molar-refractivity contribution in [2.24, 2.45) is 0 Å². The number of carbonyl (C=O) groups is 2. The zero-order valence-corrected chi connectivity index (χ0v) is 13.2. The Labute approximate surface area is 129 Å². The predicted octanol–water partition coefficient (Wildman–Crippen LogP) is 3.12. The molecule has 1 saturated heterocycles. The fourth-order valence-electron chi connectivity index (χ4n) is 1.95. The number of thioether (sulfide) groups is 1. The molecule has 0 unspecified atom stereocenters. The molecule has 1 heterocycles. The quantitative estimate of drug-likeness (QED) is 0.851. The summed E-state index contributed by atoms with van der Waals surface area (Å²) < 4.78 is 0.666. The van der Waals surface area contributed by atoms with E-state index < -0.39 is 5.97 Å². The monoisotopic (exact) mass is 358 g/mol. The summed E-state index contributed by atoms with van der Waals surface area (Å²) in [5.74, 6) is 0.912. The summed E-state index contributed by atoms with van der Waals surface area (Å²) in [6.45, 7) is 1.40. The SMILES string of the molecule is O=C(O)c1cc(Br)ccc1NC(=O)N1CCCSCC1. The van der Waals surface area contributed by atoms with Crippen molar-refractivity contribution in [3.63, 3.8) is 0 Å². The van der Waals surface area contributed by atoms with Gasteiger partial charge in [-0.05, 0) is 30.4 Å². The van der Waals surface area contributed by atoms with E-state index in [2.05, 4.69) is 21.2 Å². The predicted molar refractivity (Wildman–Crippen MR) is 83.6 cm³/mol. The van der Waals surface area contributed by atoms with E-state index in [0.717, 1.165) is 17.9 Å². The van der Waals surface area contributed by atoms with E-state index in [-0.39, 0.29) is 11.6 Å². The Morgan fingerprint density at radius 1 is 1.30 bits per heavy atom. The Morgan fingerprint density at radius 2 is 2.10 bits per heavy atom. The second kappa shape index (κ2) is 6.99. The van der Waals surface area contributed by atoms with Crippen molar-refractivity contribution in [3.05, 3.63) is 28.2 Å². The van der Waals surface area contributed by atoms with Gasteiger partial charge in [-0.25, -0.2) is 9.59 Å². The van der Waals surface area contributed by atoms with Crippen molar-refractivity contribution in [3.8, 4) is 0 Å². The van der Waals surface area contributed by atoms with Gasteiger partial charge < -0.3 is 15.3 Å². The van der Waals surface area contributed by atoms with E-state index >= 15 is 0 Å². The van der Waals surface area contributed by atoms with Gasteiger partial charge in [0.2, 0.25) is 0 Å². The van der Waals surface area contributed by atoms with Gasteiger partial charge in [0.05, 0.1) is 11.3 Å². The van der Waals surface area contributed by atoms with Crippen LogP contribution in [0.1, 0.15) is 16.8 Å². The molecule has 0 aliphatic carbocycles. The number of carboxylic acid groups (broad SMARTS) is 1. The smallest absolute Gasteiger partial charge is 0.337 e. The molecule has 2 amide bonds. The zero-order chi connectivity index (χ0) is 14.5. The van der Waals surface area contributed by atoms with Crippen LogP contribution < -0.4 is 5.32 Å². The fraction of sp³-hybridized carbons (Fsp3) is 0.385. The van der Waals surface area contributed by atoms with Crippen LogP contribution in [0.4, 0.5) is 10.5 Å². The van der Waals surface area contributed by atoms with Crippen molar-refractivity contribution in [2.45, 2.75) is 6.42 Å². The lowest BCUT2D eigenvalue weighted by Crippen LogP contribution is -2.36. The lowest BCUT2D eigenvalue weighted by Gasteiger charge is -2.21. The molecular weight excluding hydrogens is 344 g/mol. The van der Waals surface area contributed by atoms with E-state index in [0.29, 0.717) is 23.2 Å². The highest BCUT2D eigenvalue weighted by Gasteiger charge is 2.18. The number of benzene rings is 1. The fourth-order valence-corrected chi connectivity index (χ4v) is 3.19. The second-order valence-corrected chi connectivity index (χ2v) is 6.52. The maximum atomic E-state index is 12.2. The van der Waals surface area contributed by atoms with Crippen molar-refractivity contribution in [2.75, 3.05) is 29.9 Å². The van der Waals surface area contributed by atoms with E-state index in [1.54, 1.807) is 17.0 Å². The number of carbonyl (C=O) groups excluding carboxylic acids is 1. The first-order chi connectivity index (χ1) is 9.58. The van der Waals surface area contributed by atoms with Gasteiger partial charge in [0.1, 0.15) is 0 Å². The summed E-state index contributed by atoms with van der Waals surface area (Å²) in [5, 5.41) is 11.9. The molecule has 7 heteroatoms. The number of nitrogens with zero attached hydrogens (tertiary/aromatic N) is 1. The van der Waals surface area contributed by atoms with Crippen LogP contribution in [-0.2, 0) is 0 Å². The topological polar surface area (TPSA) is 69.6 Å². The highest BCUT2D eigenvalue weighted by molar-refractivity contribution is 9.10. The van der Waals surface area contributed by atoms with Crippen LogP contribution in [0.25, 0.3) is 0 Å². The molecule has 0 bridgehead atoms. The van der Waals surface area contributed by atoms with Crippen molar-refractivity contribution in [1.82, 2.24) is 4.90 Å². The molecule has 1 fully saturated rings. The molecule has 0 spiro atoms. The number of nitrogens with one attached hydrogen (secondary N) is 1.